The Morgan fingerprint density at radius 1 is 1.21 bits per heavy atom. The number of nitrogens with zero attached hydrogens (tertiary/aromatic N) is 2. The van der Waals surface area contributed by atoms with E-state index in [0.29, 0.717) is 11.8 Å². The fraction of sp³-hybridized carbons (Fsp3) is 0.353. The number of nitrogens with one attached hydrogen (secondary N) is 2. The number of aliphatic hydroxyl groups is 1. The molecule has 126 valence electrons. The number of hydrogen-bond acceptors (Lipinski definition) is 6. The zero-order valence-corrected chi connectivity index (χ0v) is 13.3. The van der Waals surface area contributed by atoms with Crippen molar-refractivity contribution in [3.05, 3.63) is 42.1 Å². The molecule has 24 heavy (non-hydrogen) atoms. The monoisotopic (exact) mass is 327 g/mol. The maximum atomic E-state index is 11.6. The molecule has 2 unspecified atom stereocenters. The number of para-hydroxylation sites is 1. The number of carbonyl (C=O) groups excluding carboxylic acids is 1. The number of aromatic nitrogens is 2. The molecule has 1 saturated carbocycles. The van der Waals surface area contributed by atoms with Crippen LogP contribution in [0.4, 0.5) is 17.5 Å². The average Bonchev–Trinajstić information content (AvgIpc) is 2.58. The second kappa shape index (κ2) is 7.27. The molecule has 7 nitrogen and oxygen atoms in total. The summed E-state index contributed by atoms with van der Waals surface area (Å²) in [7, 11) is 0. The molecule has 7 heteroatoms. The van der Waals surface area contributed by atoms with Gasteiger partial charge in [0.2, 0.25) is 5.95 Å². The predicted octanol–water partition coefficient (Wildman–Crippen LogP) is 2.03. The maximum absolute atomic E-state index is 11.6. The summed E-state index contributed by atoms with van der Waals surface area (Å²) in [6, 6.07) is 9.31. The van der Waals surface area contributed by atoms with E-state index in [1.807, 2.05) is 30.3 Å². The Morgan fingerprint density at radius 3 is 2.67 bits per heavy atom. The zero-order valence-electron chi connectivity index (χ0n) is 13.3. The fourth-order valence-electron chi connectivity index (χ4n) is 2.83. The number of hydrogen-bond donors (Lipinski definition) is 4. The number of carbonyl (C=O) groups is 1. The minimum absolute atomic E-state index is 0.0808. The SMILES string of the molecule is NC(=O)c1cnc(NC2CCCCC2O)nc1Nc1ccccc1. The van der Waals surface area contributed by atoms with Crippen LogP contribution in [0, 0.1) is 0 Å². The summed E-state index contributed by atoms with van der Waals surface area (Å²) >= 11 is 0. The summed E-state index contributed by atoms with van der Waals surface area (Å²) in [5, 5.41) is 16.3. The molecule has 1 aliphatic carbocycles. The quantitative estimate of drug-likeness (QED) is 0.668. The normalized spacial score (nSPS) is 20.4. The summed E-state index contributed by atoms with van der Waals surface area (Å²) < 4.78 is 0. The molecule has 5 N–H and O–H groups in total. The van der Waals surface area contributed by atoms with Gasteiger partial charge in [0.1, 0.15) is 11.4 Å². The van der Waals surface area contributed by atoms with E-state index in [-0.39, 0.29) is 11.6 Å². The summed E-state index contributed by atoms with van der Waals surface area (Å²) in [6.07, 6.45) is 4.71. The Kier molecular flexibility index (Phi) is 4.90. The largest absolute Gasteiger partial charge is 0.391 e. The maximum Gasteiger partial charge on any atom is 0.254 e. The Balaban J connectivity index is 1.83. The molecule has 2 atom stereocenters. The van der Waals surface area contributed by atoms with Crippen molar-refractivity contribution >= 4 is 23.4 Å². The summed E-state index contributed by atoms with van der Waals surface area (Å²) in [5.41, 5.74) is 6.42. The first-order valence-corrected chi connectivity index (χ1v) is 8.07. The van der Waals surface area contributed by atoms with Gasteiger partial charge in [0.25, 0.3) is 5.91 Å². The van der Waals surface area contributed by atoms with E-state index >= 15 is 0 Å². The molecule has 0 spiro atoms. The molecule has 1 aromatic carbocycles. The van der Waals surface area contributed by atoms with E-state index in [1.54, 1.807) is 0 Å². The van der Waals surface area contributed by atoms with Gasteiger partial charge in [0, 0.05) is 11.9 Å². The molecule has 0 aliphatic heterocycles. The lowest BCUT2D eigenvalue weighted by molar-refractivity contribution is 0.1000. The number of primary amides is 1. The summed E-state index contributed by atoms with van der Waals surface area (Å²) in [5.74, 6) is 0.110. The summed E-state index contributed by atoms with van der Waals surface area (Å²) in [4.78, 5) is 20.1. The third kappa shape index (κ3) is 3.80. The van der Waals surface area contributed by atoms with Crippen molar-refractivity contribution in [2.45, 2.75) is 37.8 Å². The van der Waals surface area contributed by atoms with Gasteiger partial charge < -0.3 is 21.5 Å². The Hall–Kier alpha value is -2.67. The van der Waals surface area contributed by atoms with Gasteiger partial charge >= 0.3 is 0 Å². The number of nitrogens with two attached hydrogens (primary N) is 1. The molecule has 1 fully saturated rings. The first-order chi connectivity index (χ1) is 11.6. The number of aliphatic hydroxyl groups excluding tert-OH is 1. The van der Waals surface area contributed by atoms with E-state index in [4.69, 9.17) is 5.73 Å². The molecule has 1 heterocycles. The van der Waals surface area contributed by atoms with E-state index in [1.165, 1.54) is 6.20 Å². The van der Waals surface area contributed by atoms with Crippen LogP contribution in [-0.4, -0.2) is 33.1 Å². The molecule has 0 radical (unpaired) electrons. The third-order valence-electron chi connectivity index (χ3n) is 4.13. The van der Waals surface area contributed by atoms with Crippen molar-refractivity contribution in [2.24, 2.45) is 5.73 Å². The van der Waals surface area contributed by atoms with Gasteiger partial charge in [-0.3, -0.25) is 4.79 Å². The van der Waals surface area contributed by atoms with Gasteiger partial charge in [0.05, 0.1) is 12.1 Å². The Labute approximate surface area is 140 Å². The lowest BCUT2D eigenvalue weighted by atomic mass is 9.93. The van der Waals surface area contributed by atoms with Crippen LogP contribution in [0.1, 0.15) is 36.0 Å². The van der Waals surface area contributed by atoms with Gasteiger partial charge in [0.15, 0.2) is 0 Å². The van der Waals surface area contributed by atoms with E-state index in [9.17, 15) is 9.90 Å². The topological polar surface area (TPSA) is 113 Å². The summed E-state index contributed by atoms with van der Waals surface area (Å²) in [6.45, 7) is 0. The van der Waals surface area contributed by atoms with Gasteiger partial charge in [-0.1, -0.05) is 31.0 Å². The van der Waals surface area contributed by atoms with Crippen LogP contribution in [0.25, 0.3) is 0 Å². The minimum Gasteiger partial charge on any atom is -0.391 e. The van der Waals surface area contributed by atoms with Crippen molar-refractivity contribution in [3.63, 3.8) is 0 Å². The highest BCUT2D eigenvalue weighted by Gasteiger charge is 2.24. The molecule has 3 rings (SSSR count). The first-order valence-electron chi connectivity index (χ1n) is 8.07. The highest BCUT2D eigenvalue weighted by atomic mass is 16.3. The van der Waals surface area contributed by atoms with Crippen molar-refractivity contribution in [2.75, 3.05) is 10.6 Å². The molecule has 2 aromatic rings. The van der Waals surface area contributed by atoms with Crippen molar-refractivity contribution in [3.8, 4) is 0 Å². The van der Waals surface area contributed by atoms with E-state index in [2.05, 4.69) is 20.6 Å². The average molecular weight is 327 g/mol. The molecule has 0 bridgehead atoms. The standard InChI is InChI=1S/C17H21N5O2/c18-15(24)12-10-19-17(21-13-8-4-5-9-14(13)23)22-16(12)20-11-6-2-1-3-7-11/h1-3,6-7,10,13-14,23H,4-5,8-9H2,(H2,18,24)(H2,19,20,21,22). The predicted molar refractivity (Wildman–Crippen MR) is 92.2 cm³/mol. The van der Waals surface area contributed by atoms with Crippen LogP contribution in [0.3, 0.4) is 0 Å². The molecular formula is C17H21N5O2. The zero-order chi connectivity index (χ0) is 16.9. The minimum atomic E-state index is -0.599. The Morgan fingerprint density at radius 2 is 1.96 bits per heavy atom. The van der Waals surface area contributed by atoms with Crippen LogP contribution < -0.4 is 16.4 Å². The van der Waals surface area contributed by atoms with Crippen LogP contribution >= 0.6 is 0 Å². The highest BCUT2D eigenvalue weighted by molar-refractivity contribution is 5.98. The van der Waals surface area contributed by atoms with Gasteiger partial charge in [-0.2, -0.15) is 4.98 Å². The molecule has 1 aliphatic rings. The van der Waals surface area contributed by atoms with Gasteiger partial charge in [-0.25, -0.2) is 4.98 Å². The Bertz CT molecular complexity index is 707. The number of amides is 1. The third-order valence-corrected chi connectivity index (χ3v) is 4.13. The molecule has 0 saturated heterocycles. The van der Waals surface area contributed by atoms with Crippen LogP contribution in [-0.2, 0) is 0 Å². The molecule has 1 aromatic heterocycles. The van der Waals surface area contributed by atoms with Crippen molar-refractivity contribution < 1.29 is 9.90 Å². The number of rotatable bonds is 5. The van der Waals surface area contributed by atoms with Crippen LogP contribution in [0.5, 0.6) is 0 Å². The highest BCUT2D eigenvalue weighted by Crippen LogP contribution is 2.23. The van der Waals surface area contributed by atoms with Gasteiger partial charge in [-0.05, 0) is 25.0 Å². The van der Waals surface area contributed by atoms with Crippen molar-refractivity contribution in [1.29, 1.82) is 0 Å². The fourth-order valence-corrected chi connectivity index (χ4v) is 2.83. The molecular weight excluding hydrogens is 306 g/mol. The van der Waals surface area contributed by atoms with Crippen LogP contribution in [0.2, 0.25) is 0 Å². The van der Waals surface area contributed by atoms with Crippen molar-refractivity contribution in [1.82, 2.24) is 9.97 Å². The van der Waals surface area contributed by atoms with E-state index in [0.717, 1.165) is 31.4 Å². The number of anilines is 3. The van der Waals surface area contributed by atoms with Gasteiger partial charge in [-0.15, -0.1) is 0 Å². The second-order valence-electron chi connectivity index (χ2n) is 5.91. The lowest BCUT2D eigenvalue weighted by Gasteiger charge is -2.28. The lowest BCUT2D eigenvalue weighted by Crippen LogP contribution is -2.37. The van der Waals surface area contributed by atoms with E-state index < -0.39 is 12.0 Å². The molecule has 1 amide bonds. The number of benzene rings is 1. The second-order valence-corrected chi connectivity index (χ2v) is 5.91. The van der Waals surface area contributed by atoms with Crippen LogP contribution in [0.15, 0.2) is 36.5 Å². The first kappa shape index (κ1) is 16.2. The smallest absolute Gasteiger partial charge is 0.254 e.